The van der Waals surface area contributed by atoms with Crippen LogP contribution in [0.15, 0.2) is 103 Å². The second-order valence-corrected chi connectivity index (χ2v) is 11.4. The minimum atomic E-state index is -3.20. The Balaban J connectivity index is 1.49. The maximum absolute atomic E-state index is 15.1. The van der Waals surface area contributed by atoms with Gasteiger partial charge in [0.05, 0.1) is 16.3 Å². The van der Waals surface area contributed by atoms with E-state index in [2.05, 4.69) is 17.1 Å². The van der Waals surface area contributed by atoms with Gasteiger partial charge in [-0.15, -0.1) is 0 Å². The van der Waals surface area contributed by atoms with Crippen LogP contribution >= 0.6 is 7.14 Å². The zero-order valence-electron chi connectivity index (χ0n) is 18.9. The predicted molar refractivity (Wildman–Crippen MR) is 139 cm³/mol. The molecule has 5 heteroatoms. The number of ether oxygens (including phenoxy) is 2. The van der Waals surface area contributed by atoms with E-state index in [-0.39, 0.29) is 0 Å². The van der Waals surface area contributed by atoms with Crippen LogP contribution in [0, 0.1) is 6.92 Å². The Kier molecular flexibility index (Phi) is 4.30. The summed E-state index contributed by atoms with van der Waals surface area (Å²) in [6.07, 6.45) is 0. The van der Waals surface area contributed by atoms with Gasteiger partial charge in [-0.05, 0) is 67.1 Å². The highest BCUT2D eigenvalue weighted by Crippen LogP contribution is 2.59. The van der Waals surface area contributed by atoms with Crippen molar-refractivity contribution < 1.29 is 14.0 Å². The molecule has 1 unspecified atom stereocenters. The van der Waals surface area contributed by atoms with E-state index >= 15 is 4.57 Å². The second-order valence-electron chi connectivity index (χ2n) is 8.78. The number of hydrogen-bond acceptors (Lipinski definition) is 4. The maximum Gasteiger partial charge on any atom is 0.185 e. The van der Waals surface area contributed by atoms with Crippen molar-refractivity contribution in [1.82, 2.24) is 4.98 Å². The quantitative estimate of drug-likeness (QED) is 0.266. The maximum atomic E-state index is 15.1. The lowest BCUT2D eigenvalue weighted by molar-refractivity contribution is 0.463. The third-order valence-corrected chi connectivity index (χ3v) is 9.76. The first-order valence-electron chi connectivity index (χ1n) is 11.5. The molecule has 4 nitrogen and oxygen atoms in total. The summed E-state index contributed by atoms with van der Waals surface area (Å²) in [5.74, 6) is 2.42. The van der Waals surface area contributed by atoms with Gasteiger partial charge in [-0.1, -0.05) is 48.5 Å². The molecule has 4 aromatic carbocycles. The zero-order chi connectivity index (χ0) is 23.6. The normalized spacial score (nSPS) is 16.8. The molecule has 1 atom stereocenters. The number of para-hydroxylation sites is 2. The summed E-state index contributed by atoms with van der Waals surface area (Å²) < 4.78 is 27.8. The molecule has 0 radical (unpaired) electrons. The SMILES string of the molecule is Cc1cccc(-c2cccc(-c3ccc4c5c3Oc3ccccc3P5(=O)c3ccccc3O4)c2)n1. The predicted octanol–water partition coefficient (Wildman–Crippen LogP) is 6.57. The van der Waals surface area contributed by atoms with Crippen LogP contribution in [0.3, 0.4) is 0 Å². The summed E-state index contributed by atoms with van der Waals surface area (Å²) >= 11 is 0. The van der Waals surface area contributed by atoms with Crippen LogP contribution in [0.5, 0.6) is 23.0 Å². The molecule has 0 aliphatic carbocycles. The van der Waals surface area contributed by atoms with Crippen LogP contribution in [-0.4, -0.2) is 4.98 Å². The fraction of sp³-hybridized carbons (Fsp3) is 0.0333. The van der Waals surface area contributed by atoms with Gasteiger partial charge in [0.1, 0.15) is 28.3 Å². The van der Waals surface area contributed by atoms with Crippen LogP contribution in [-0.2, 0) is 4.57 Å². The van der Waals surface area contributed by atoms with Gasteiger partial charge in [-0.2, -0.15) is 0 Å². The van der Waals surface area contributed by atoms with E-state index in [1.807, 2.05) is 97.9 Å². The molecule has 2 aliphatic rings. The van der Waals surface area contributed by atoms with Gasteiger partial charge in [0.2, 0.25) is 0 Å². The molecular weight excluding hydrogens is 453 g/mol. The van der Waals surface area contributed by atoms with Gasteiger partial charge in [-0.3, -0.25) is 4.98 Å². The first-order valence-corrected chi connectivity index (χ1v) is 13.2. The Morgan fingerprint density at radius 1 is 0.657 bits per heavy atom. The Morgan fingerprint density at radius 3 is 2.11 bits per heavy atom. The minimum Gasteiger partial charge on any atom is -0.456 e. The van der Waals surface area contributed by atoms with Gasteiger partial charge in [-0.25, -0.2) is 0 Å². The molecule has 0 amide bonds. The molecular formula is C30H20NO3P. The van der Waals surface area contributed by atoms with Crippen molar-refractivity contribution in [3.63, 3.8) is 0 Å². The van der Waals surface area contributed by atoms with E-state index in [1.165, 1.54) is 0 Å². The van der Waals surface area contributed by atoms with E-state index in [9.17, 15) is 0 Å². The molecule has 0 N–H and O–H groups in total. The summed E-state index contributed by atoms with van der Waals surface area (Å²) in [4.78, 5) is 4.68. The molecule has 0 bridgehead atoms. The van der Waals surface area contributed by atoms with E-state index in [4.69, 9.17) is 9.47 Å². The molecule has 5 aromatic rings. The Morgan fingerprint density at radius 2 is 1.34 bits per heavy atom. The first kappa shape index (κ1) is 20.3. The highest BCUT2D eigenvalue weighted by atomic mass is 31.2. The average molecular weight is 473 g/mol. The van der Waals surface area contributed by atoms with Gasteiger partial charge in [0.15, 0.2) is 7.14 Å². The molecule has 35 heavy (non-hydrogen) atoms. The number of hydrogen-bond donors (Lipinski definition) is 0. The van der Waals surface area contributed by atoms with Crippen molar-refractivity contribution in [3.05, 3.63) is 109 Å². The van der Waals surface area contributed by atoms with E-state index in [0.29, 0.717) is 38.9 Å². The Hall–Kier alpha value is -4.14. The van der Waals surface area contributed by atoms with Crippen LogP contribution in [0.1, 0.15) is 5.69 Å². The number of fused-ring (bicyclic) bond motifs is 4. The van der Waals surface area contributed by atoms with Gasteiger partial charge in [0.25, 0.3) is 0 Å². The highest BCUT2D eigenvalue weighted by molar-refractivity contribution is 7.86. The lowest BCUT2D eigenvalue weighted by Crippen LogP contribution is -2.35. The van der Waals surface area contributed by atoms with E-state index in [0.717, 1.165) is 28.1 Å². The largest absolute Gasteiger partial charge is 0.456 e. The van der Waals surface area contributed by atoms with Crippen molar-refractivity contribution in [2.24, 2.45) is 0 Å². The second kappa shape index (κ2) is 7.43. The Labute approximate surface area is 203 Å². The monoisotopic (exact) mass is 473 g/mol. The number of aryl methyl sites for hydroxylation is 1. The van der Waals surface area contributed by atoms with Gasteiger partial charge >= 0.3 is 0 Å². The fourth-order valence-electron chi connectivity index (χ4n) is 5.02. The standard InChI is InChI=1S/C30H20NO3P/c1-19-8-6-11-23(31-19)21-10-7-9-20(18-21)22-16-17-26-30-29(22)34-25-13-3-5-15-28(25)35(30,32)27-14-4-2-12-24(27)33-26/h2-18H,1H3. The number of pyridine rings is 1. The molecule has 0 fully saturated rings. The molecule has 0 spiro atoms. The van der Waals surface area contributed by atoms with E-state index < -0.39 is 7.14 Å². The van der Waals surface area contributed by atoms with Gasteiger partial charge < -0.3 is 14.0 Å². The molecule has 7 rings (SSSR count). The van der Waals surface area contributed by atoms with Crippen LogP contribution in [0.4, 0.5) is 0 Å². The average Bonchev–Trinajstić information content (AvgIpc) is 2.89. The smallest absolute Gasteiger partial charge is 0.185 e. The Bertz CT molecular complexity index is 1690. The topological polar surface area (TPSA) is 48.4 Å². The van der Waals surface area contributed by atoms with Gasteiger partial charge in [0, 0.05) is 16.8 Å². The van der Waals surface area contributed by atoms with Crippen molar-refractivity contribution in [2.75, 3.05) is 0 Å². The zero-order valence-corrected chi connectivity index (χ0v) is 19.8. The first-order chi connectivity index (χ1) is 17.1. The molecule has 0 saturated carbocycles. The molecule has 2 aliphatic heterocycles. The van der Waals surface area contributed by atoms with Crippen molar-refractivity contribution in [2.45, 2.75) is 6.92 Å². The highest BCUT2D eigenvalue weighted by Gasteiger charge is 2.46. The molecule has 168 valence electrons. The minimum absolute atomic E-state index is 0.580. The van der Waals surface area contributed by atoms with Crippen molar-refractivity contribution in [1.29, 1.82) is 0 Å². The van der Waals surface area contributed by atoms with Crippen molar-refractivity contribution in [3.8, 4) is 45.4 Å². The summed E-state index contributed by atoms with van der Waals surface area (Å²) in [6.45, 7) is 1.99. The van der Waals surface area contributed by atoms with E-state index in [1.54, 1.807) is 0 Å². The van der Waals surface area contributed by atoms with Crippen molar-refractivity contribution >= 4 is 23.1 Å². The van der Waals surface area contributed by atoms with Crippen LogP contribution in [0.2, 0.25) is 0 Å². The number of benzene rings is 4. The lowest BCUT2D eigenvalue weighted by atomic mass is 10.00. The fourth-order valence-corrected chi connectivity index (χ4v) is 8.10. The molecule has 3 heterocycles. The summed E-state index contributed by atoms with van der Waals surface area (Å²) in [7, 11) is -3.20. The molecule has 0 saturated heterocycles. The lowest BCUT2D eigenvalue weighted by Gasteiger charge is -2.35. The molecule has 1 aromatic heterocycles. The van der Waals surface area contributed by atoms with Crippen LogP contribution in [0.25, 0.3) is 22.4 Å². The summed E-state index contributed by atoms with van der Waals surface area (Å²) in [6, 6.07) is 33.3. The third-order valence-electron chi connectivity index (χ3n) is 6.61. The number of rotatable bonds is 2. The summed E-state index contributed by atoms with van der Waals surface area (Å²) in [5.41, 5.74) is 4.72. The summed E-state index contributed by atoms with van der Waals surface area (Å²) in [5, 5.41) is 2.05. The van der Waals surface area contributed by atoms with Crippen LogP contribution < -0.4 is 25.4 Å². The third kappa shape index (κ3) is 2.94. The number of nitrogens with zero attached hydrogens (tertiary/aromatic N) is 1. The number of aromatic nitrogens is 1.